The minimum absolute atomic E-state index is 0.695. The van der Waals surface area contributed by atoms with Crippen molar-refractivity contribution >= 4 is 0 Å². The number of rotatable bonds is 6. The number of aromatic amines is 1. The normalized spacial score (nSPS) is 10.9. The summed E-state index contributed by atoms with van der Waals surface area (Å²) in [6, 6.07) is 8.19. The number of aryl methyl sites for hydroxylation is 1. The fraction of sp³-hybridized carbons (Fsp3) is 0.400. The second-order valence-corrected chi connectivity index (χ2v) is 4.74. The minimum atomic E-state index is 0.695. The zero-order valence-corrected chi connectivity index (χ0v) is 11.8. The van der Waals surface area contributed by atoms with Gasteiger partial charge >= 0.3 is 0 Å². The van der Waals surface area contributed by atoms with Gasteiger partial charge in [-0.1, -0.05) is 18.2 Å². The van der Waals surface area contributed by atoms with Crippen LogP contribution in [0.25, 0.3) is 0 Å². The van der Waals surface area contributed by atoms with Crippen molar-refractivity contribution in [2.24, 2.45) is 0 Å². The van der Waals surface area contributed by atoms with Crippen LogP contribution >= 0.6 is 0 Å². The summed E-state index contributed by atoms with van der Waals surface area (Å²) >= 11 is 0. The molecule has 4 nitrogen and oxygen atoms in total. The molecule has 19 heavy (non-hydrogen) atoms. The largest absolute Gasteiger partial charge is 0.494 e. The lowest BCUT2D eigenvalue weighted by atomic mass is 10.2. The third kappa shape index (κ3) is 3.58. The summed E-state index contributed by atoms with van der Waals surface area (Å²) in [6.45, 7) is 6.48. The standard InChI is InChI=1S/C15H21N3O/c1-4-19-15-8-6-5-7-13(15)10-18(3)11-14-12(2)9-16-17-14/h5-9H,4,10-11H2,1-3H3,(H,16,17). The van der Waals surface area contributed by atoms with Gasteiger partial charge < -0.3 is 4.74 Å². The zero-order chi connectivity index (χ0) is 13.7. The lowest BCUT2D eigenvalue weighted by Gasteiger charge is -2.18. The maximum atomic E-state index is 5.65. The van der Waals surface area contributed by atoms with Crippen LogP contribution in [0.1, 0.15) is 23.7 Å². The highest BCUT2D eigenvalue weighted by Crippen LogP contribution is 2.20. The van der Waals surface area contributed by atoms with Crippen molar-refractivity contribution in [2.75, 3.05) is 13.7 Å². The Morgan fingerprint density at radius 3 is 2.74 bits per heavy atom. The summed E-state index contributed by atoms with van der Waals surface area (Å²) < 4.78 is 5.65. The minimum Gasteiger partial charge on any atom is -0.494 e. The Labute approximate surface area is 114 Å². The molecule has 0 aliphatic carbocycles. The van der Waals surface area contributed by atoms with E-state index in [1.165, 1.54) is 11.1 Å². The van der Waals surface area contributed by atoms with Crippen LogP contribution in [0.4, 0.5) is 0 Å². The first-order valence-corrected chi connectivity index (χ1v) is 6.58. The van der Waals surface area contributed by atoms with E-state index in [9.17, 15) is 0 Å². The molecule has 0 aliphatic heterocycles. The van der Waals surface area contributed by atoms with Gasteiger partial charge in [-0.05, 0) is 32.5 Å². The van der Waals surface area contributed by atoms with E-state index in [0.717, 1.165) is 24.5 Å². The summed E-state index contributed by atoms with van der Waals surface area (Å²) in [5.41, 5.74) is 3.57. The van der Waals surface area contributed by atoms with Crippen LogP contribution in [0.2, 0.25) is 0 Å². The lowest BCUT2D eigenvalue weighted by Crippen LogP contribution is -2.18. The molecule has 0 saturated carbocycles. The highest BCUT2D eigenvalue weighted by atomic mass is 16.5. The molecule has 1 heterocycles. The molecule has 1 aromatic carbocycles. The Bertz CT molecular complexity index is 522. The SMILES string of the molecule is CCOc1ccccc1CN(C)Cc1[nH]ncc1C. The average molecular weight is 259 g/mol. The molecule has 1 aromatic heterocycles. The predicted octanol–water partition coefficient (Wildman–Crippen LogP) is 2.75. The lowest BCUT2D eigenvalue weighted by molar-refractivity contribution is 0.295. The Balaban J connectivity index is 2.02. The molecule has 2 aromatic rings. The van der Waals surface area contributed by atoms with Crippen molar-refractivity contribution < 1.29 is 4.74 Å². The molecule has 4 heteroatoms. The first-order valence-electron chi connectivity index (χ1n) is 6.58. The monoisotopic (exact) mass is 259 g/mol. The van der Waals surface area contributed by atoms with E-state index in [0.29, 0.717) is 6.61 Å². The Morgan fingerprint density at radius 2 is 2.05 bits per heavy atom. The Kier molecular flexibility index (Phi) is 4.58. The predicted molar refractivity (Wildman–Crippen MR) is 76.1 cm³/mol. The van der Waals surface area contributed by atoms with Crippen molar-refractivity contribution in [3.8, 4) is 5.75 Å². The smallest absolute Gasteiger partial charge is 0.123 e. The van der Waals surface area contributed by atoms with Crippen molar-refractivity contribution in [1.29, 1.82) is 0 Å². The van der Waals surface area contributed by atoms with E-state index in [2.05, 4.69) is 35.1 Å². The summed E-state index contributed by atoms with van der Waals surface area (Å²) in [5, 5.41) is 7.09. The molecule has 1 N–H and O–H groups in total. The second-order valence-electron chi connectivity index (χ2n) is 4.74. The third-order valence-electron chi connectivity index (χ3n) is 3.07. The van der Waals surface area contributed by atoms with Crippen LogP contribution < -0.4 is 4.74 Å². The first kappa shape index (κ1) is 13.6. The van der Waals surface area contributed by atoms with E-state index in [1.807, 2.05) is 31.3 Å². The number of nitrogens with one attached hydrogen (secondary N) is 1. The number of nitrogens with zero attached hydrogens (tertiary/aromatic N) is 2. The van der Waals surface area contributed by atoms with Crippen molar-refractivity contribution in [1.82, 2.24) is 15.1 Å². The van der Waals surface area contributed by atoms with Crippen molar-refractivity contribution in [3.05, 3.63) is 47.3 Å². The molecule has 0 unspecified atom stereocenters. The fourth-order valence-corrected chi connectivity index (χ4v) is 2.08. The molecule has 0 spiro atoms. The summed E-state index contributed by atoms with van der Waals surface area (Å²) in [7, 11) is 2.10. The summed E-state index contributed by atoms with van der Waals surface area (Å²) in [4.78, 5) is 2.25. The number of ether oxygens (including phenoxy) is 1. The van der Waals surface area contributed by atoms with Gasteiger partial charge in [0.05, 0.1) is 18.5 Å². The zero-order valence-electron chi connectivity index (χ0n) is 11.8. The van der Waals surface area contributed by atoms with Crippen molar-refractivity contribution in [3.63, 3.8) is 0 Å². The van der Waals surface area contributed by atoms with Gasteiger partial charge in [-0.2, -0.15) is 5.10 Å². The van der Waals surface area contributed by atoms with Gasteiger partial charge in [0.25, 0.3) is 0 Å². The third-order valence-corrected chi connectivity index (χ3v) is 3.07. The molecular formula is C15H21N3O. The van der Waals surface area contributed by atoms with Crippen LogP contribution in [-0.2, 0) is 13.1 Å². The Morgan fingerprint density at radius 1 is 1.26 bits per heavy atom. The molecule has 0 atom stereocenters. The number of aromatic nitrogens is 2. The quantitative estimate of drug-likeness (QED) is 0.867. The number of hydrogen-bond acceptors (Lipinski definition) is 3. The number of hydrogen-bond donors (Lipinski definition) is 1. The van der Waals surface area contributed by atoms with Gasteiger partial charge in [0.15, 0.2) is 0 Å². The van der Waals surface area contributed by atoms with E-state index < -0.39 is 0 Å². The maximum Gasteiger partial charge on any atom is 0.123 e. The van der Waals surface area contributed by atoms with E-state index in [-0.39, 0.29) is 0 Å². The Hall–Kier alpha value is -1.81. The fourth-order valence-electron chi connectivity index (χ4n) is 2.08. The van der Waals surface area contributed by atoms with Crippen LogP contribution in [0, 0.1) is 6.92 Å². The first-order chi connectivity index (χ1) is 9.20. The molecular weight excluding hydrogens is 238 g/mol. The molecule has 0 saturated heterocycles. The van der Waals surface area contributed by atoms with Crippen LogP contribution in [0.5, 0.6) is 5.75 Å². The maximum absolute atomic E-state index is 5.65. The molecule has 0 aliphatic rings. The summed E-state index contributed by atoms with van der Waals surface area (Å²) in [5.74, 6) is 0.971. The van der Waals surface area contributed by atoms with Gasteiger partial charge in [-0.15, -0.1) is 0 Å². The molecule has 0 fully saturated rings. The van der Waals surface area contributed by atoms with Crippen LogP contribution in [0.15, 0.2) is 30.5 Å². The average Bonchev–Trinajstić information content (AvgIpc) is 2.78. The number of para-hydroxylation sites is 1. The molecule has 2 rings (SSSR count). The van der Waals surface area contributed by atoms with E-state index >= 15 is 0 Å². The number of benzene rings is 1. The summed E-state index contributed by atoms with van der Waals surface area (Å²) in [6.07, 6.45) is 1.86. The van der Waals surface area contributed by atoms with Gasteiger partial charge in [0.1, 0.15) is 5.75 Å². The van der Waals surface area contributed by atoms with Gasteiger partial charge in [-0.3, -0.25) is 10.00 Å². The van der Waals surface area contributed by atoms with Gasteiger partial charge in [0, 0.05) is 18.7 Å². The highest BCUT2D eigenvalue weighted by molar-refractivity contribution is 5.33. The van der Waals surface area contributed by atoms with Crippen LogP contribution in [0.3, 0.4) is 0 Å². The van der Waals surface area contributed by atoms with Crippen LogP contribution in [-0.4, -0.2) is 28.8 Å². The molecule has 0 amide bonds. The van der Waals surface area contributed by atoms with E-state index in [4.69, 9.17) is 4.74 Å². The van der Waals surface area contributed by atoms with Gasteiger partial charge in [0.2, 0.25) is 0 Å². The van der Waals surface area contributed by atoms with E-state index in [1.54, 1.807) is 0 Å². The number of H-pyrrole nitrogens is 1. The molecule has 102 valence electrons. The van der Waals surface area contributed by atoms with Gasteiger partial charge in [-0.25, -0.2) is 0 Å². The highest BCUT2D eigenvalue weighted by Gasteiger charge is 2.08. The molecule has 0 bridgehead atoms. The topological polar surface area (TPSA) is 41.1 Å². The second kappa shape index (κ2) is 6.38. The molecule has 0 radical (unpaired) electrons. The van der Waals surface area contributed by atoms with Crippen molar-refractivity contribution in [2.45, 2.75) is 26.9 Å².